The quantitative estimate of drug-likeness (QED) is 0.874. The van der Waals surface area contributed by atoms with Crippen LogP contribution in [0.1, 0.15) is 10.4 Å². The molecule has 0 heterocycles. The van der Waals surface area contributed by atoms with Gasteiger partial charge in [-0.1, -0.05) is 17.7 Å². The predicted molar refractivity (Wildman–Crippen MR) is 72.6 cm³/mol. The van der Waals surface area contributed by atoms with Gasteiger partial charge in [-0.2, -0.15) is 0 Å². The number of ether oxygens (including phenoxy) is 1. The van der Waals surface area contributed by atoms with Crippen LogP contribution >= 0.6 is 27.5 Å². The molecule has 6 heteroatoms. The van der Waals surface area contributed by atoms with Gasteiger partial charge in [-0.25, -0.2) is 9.18 Å². The SMILES string of the molecule is O=C(O)c1ccc(Oc2cccc(Cl)c2F)cc1Br. The van der Waals surface area contributed by atoms with Crippen LogP contribution in [0.3, 0.4) is 0 Å². The topological polar surface area (TPSA) is 46.5 Å². The first kappa shape index (κ1) is 13.8. The molecule has 1 N–H and O–H groups in total. The van der Waals surface area contributed by atoms with E-state index < -0.39 is 11.8 Å². The first-order valence-corrected chi connectivity index (χ1v) is 6.31. The van der Waals surface area contributed by atoms with Crippen molar-refractivity contribution in [1.29, 1.82) is 0 Å². The van der Waals surface area contributed by atoms with Crippen LogP contribution in [-0.4, -0.2) is 11.1 Å². The highest BCUT2D eigenvalue weighted by atomic mass is 79.9. The van der Waals surface area contributed by atoms with Crippen molar-refractivity contribution in [3.8, 4) is 11.5 Å². The second-order valence-corrected chi connectivity index (χ2v) is 4.86. The largest absolute Gasteiger partial charge is 0.478 e. The van der Waals surface area contributed by atoms with Gasteiger partial charge in [0, 0.05) is 4.47 Å². The summed E-state index contributed by atoms with van der Waals surface area (Å²) in [5, 5.41) is 8.84. The minimum Gasteiger partial charge on any atom is -0.478 e. The van der Waals surface area contributed by atoms with E-state index in [1.165, 1.54) is 30.3 Å². The molecule has 0 amide bonds. The summed E-state index contributed by atoms with van der Waals surface area (Å²) in [5.74, 6) is -1.45. The zero-order valence-corrected chi connectivity index (χ0v) is 11.7. The standard InChI is InChI=1S/C13H7BrClFO3/c14-9-6-7(4-5-8(9)13(17)18)19-11-3-1-2-10(15)12(11)16/h1-6H,(H,17,18). The molecule has 0 aliphatic carbocycles. The van der Waals surface area contributed by atoms with Gasteiger partial charge in [-0.05, 0) is 46.3 Å². The molecule has 0 unspecified atom stereocenters. The van der Waals surface area contributed by atoms with Crippen molar-refractivity contribution in [2.75, 3.05) is 0 Å². The van der Waals surface area contributed by atoms with Gasteiger partial charge in [0.05, 0.1) is 10.6 Å². The van der Waals surface area contributed by atoms with E-state index in [1.54, 1.807) is 6.07 Å². The number of aromatic carboxylic acids is 1. The maximum absolute atomic E-state index is 13.6. The normalized spacial score (nSPS) is 10.3. The Kier molecular flexibility index (Phi) is 4.07. The summed E-state index contributed by atoms with van der Waals surface area (Å²) >= 11 is 8.75. The van der Waals surface area contributed by atoms with Crippen molar-refractivity contribution in [2.24, 2.45) is 0 Å². The summed E-state index contributed by atoms with van der Waals surface area (Å²) in [5.41, 5.74) is 0.0962. The molecule has 0 fully saturated rings. The molecule has 19 heavy (non-hydrogen) atoms. The van der Waals surface area contributed by atoms with E-state index in [0.717, 1.165) is 0 Å². The van der Waals surface area contributed by atoms with Crippen molar-refractivity contribution in [3.05, 3.63) is 57.3 Å². The highest BCUT2D eigenvalue weighted by Crippen LogP contribution is 2.31. The van der Waals surface area contributed by atoms with Crippen molar-refractivity contribution in [2.45, 2.75) is 0 Å². The summed E-state index contributed by atoms with van der Waals surface area (Å²) in [6, 6.07) is 8.65. The summed E-state index contributed by atoms with van der Waals surface area (Å²) < 4.78 is 19.3. The van der Waals surface area contributed by atoms with Crippen LogP contribution in [0.2, 0.25) is 5.02 Å². The van der Waals surface area contributed by atoms with Gasteiger partial charge in [-0.15, -0.1) is 0 Å². The van der Waals surface area contributed by atoms with Gasteiger partial charge < -0.3 is 9.84 Å². The third-order valence-electron chi connectivity index (χ3n) is 2.31. The molecular formula is C13H7BrClFO3. The number of carbonyl (C=O) groups is 1. The highest BCUT2D eigenvalue weighted by molar-refractivity contribution is 9.10. The molecule has 0 bridgehead atoms. The molecule has 98 valence electrons. The highest BCUT2D eigenvalue weighted by Gasteiger charge is 2.12. The average molecular weight is 346 g/mol. The maximum atomic E-state index is 13.6. The molecule has 3 nitrogen and oxygen atoms in total. The Morgan fingerprint density at radius 3 is 2.68 bits per heavy atom. The van der Waals surface area contributed by atoms with Crippen molar-refractivity contribution < 1.29 is 19.0 Å². The lowest BCUT2D eigenvalue weighted by molar-refractivity contribution is 0.0696. The number of hydrogen-bond donors (Lipinski definition) is 1. The predicted octanol–water partition coefficient (Wildman–Crippen LogP) is 4.73. The number of halogens is 3. The second-order valence-electron chi connectivity index (χ2n) is 3.60. The first-order chi connectivity index (χ1) is 8.99. The third kappa shape index (κ3) is 3.05. The fourth-order valence-electron chi connectivity index (χ4n) is 1.42. The molecule has 2 aromatic rings. The molecule has 0 saturated heterocycles. The van der Waals surface area contributed by atoms with Gasteiger partial charge in [0.25, 0.3) is 0 Å². The van der Waals surface area contributed by atoms with E-state index in [4.69, 9.17) is 21.4 Å². The van der Waals surface area contributed by atoms with Crippen LogP contribution < -0.4 is 4.74 Å². The van der Waals surface area contributed by atoms with E-state index in [1.807, 2.05) is 0 Å². The van der Waals surface area contributed by atoms with Crippen LogP contribution in [0.15, 0.2) is 40.9 Å². The van der Waals surface area contributed by atoms with Crippen LogP contribution in [-0.2, 0) is 0 Å². The smallest absolute Gasteiger partial charge is 0.336 e. The van der Waals surface area contributed by atoms with Crippen LogP contribution in [0.25, 0.3) is 0 Å². The van der Waals surface area contributed by atoms with Crippen LogP contribution in [0.5, 0.6) is 11.5 Å². The van der Waals surface area contributed by atoms with Gasteiger partial charge in [0.2, 0.25) is 0 Å². The van der Waals surface area contributed by atoms with Gasteiger partial charge >= 0.3 is 5.97 Å². The minimum absolute atomic E-state index is 0.0255. The van der Waals surface area contributed by atoms with E-state index in [9.17, 15) is 9.18 Å². The Morgan fingerprint density at radius 2 is 2.05 bits per heavy atom. The Labute approximate surface area is 121 Å². The fraction of sp³-hybridized carbons (Fsp3) is 0. The van der Waals surface area contributed by atoms with E-state index in [-0.39, 0.29) is 16.3 Å². The maximum Gasteiger partial charge on any atom is 0.336 e. The van der Waals surface area contributed by atoms with E-state index in [0.29, 0.717) is 10.2 Å². The number of carboxylic acids is 1. The molecular weight excluding hydrogens is 338 g/mol. The zero-order chi connectivity index (χ0) is 14.0. The summed E-state index contributed by atoms with van der Waals surface area (Å²) in [6.45, 7) is 0. The molecule has 2 aromatic carbocycles. The van der Waals surface area contributed by atoms with Crippen LogP contribution in [0, 0.1) is 5.82 Å². The Hall–Kier alpha value is -1.59. The average Bonchev–Trinajstić information content (AvgIpc) is 2.34. The van der Waals surface area contributed by atoms with Crippen LogP contribution in [0.4, 0.5) is 4.39 Å². The third-order valence-corrected chi connectivity index (χ3v) is 3.26. The lowest BCUT2D eigenvalue weighted by Gasteiger charge is -2.08. The molecule has 0 aliphatic rings. The lowest BCUT2D eigenvalue weighted by atomic mass is 10.2. The number of hydrogen-bond acceptors (Lipinski definition) is 2. The number of carboxylic acid groups (broad SMARTS) is 1. The second kappa shape index (κ2) is 5.59. The molecule has 0 aromatic heterocycles. The molecule has 2 rings (SSSR count). The molecule has 0 saturated carbocycles. The Bertz CT molecular complexity index is 646. The summed E-state index contributed by atoms with van der Waals surface area (Å²) in [6.07, 6.45) is 0. The van der Waals surface area contributed by atoms with Crippen molar-refractivity contribution in [3.63, 3.8) is 0 Å². The van der Waals surface area contributed by atoms with E-state index >= 15 is 0 Å². The molecule has 0 radical (unpaired) electrons. The molecule has 0 atom stereocenters. The first-order valence-electron chi connectivity index (χ1n) is 5.13. The zero-order valence-electron chi connectivity index (χ0n) is 9.36. The molecule has 0 aliphatic heterocycles. The number of benzene rings is 2. The Balaban J connectivity index is 2.32. The van der Waals surface area contributed by atoms with Gasteiger partial charge in [-0.3, -0.25) is 0 Å². The van der Waals surface area contributed by atoms with Crippen molar-refractivity contribution >= 4 is 33.5 Å². The van der Waals surface area contributed by atoms with Gasteiger partial charge in [0.15, 0.2) is 11.6 Å². The summed E-state index contributed by atoms with van der Waals surface area (Å²) in [4.78, 5) is 10.8. The minimum atomic E-state index is -1.06. The monoisotopic (exact) mass is 344 g/mol. The summed E-state index contributed by atoms with van der Waals surface area (Å²) in [7, 11) is 0. The number of rotatable bonds is 3. The van der Waals surface area contributed by atoms with Gasteiger partial charge in [0.1, 0.15) is 5.75 Å². The Morgan fingerprint density at radius 1 is 1.32 bits per heavy atom. The fourth-order valence-corrected chi connectivity index (χ4v) is 2.12. The van der Waals surface area contributed by atoms with Crippen molar-refractivity contribution in [1.82, 2.24) is 0 Å². The lowest BCUT2D eigenvalue weighted by Crippen LogP contribution is -1.97. The van der Waals surface area contributed by atoms with E-state index in [2.05, 4.69) is 15.9 Å². The molecule has 0 spiro atoms.